The van der Waals surface area contributed by atoms with Gasteiger partial charge in [-0.25, -0.2) is 14.6 Å². The third-order valence-corrected chi connectivity index (χ3v) is 10.7. The van der Waals surface area contributed by atoms with Gasteiger partial charge in [0.1, 0.15) is 5.75 Å². The summed E-state index contributed by atoms with van der Waals surface area (Å²) in [6.45, 7) is 13.8. The molecule has 0 saturated heterocycles. The molecule has 1 aromatic heterocycles. The topological polar surface area (TPSA) is 103 Å². The van der Waals surface area contributed by atoms with Gasteiger partial charge in [0.05, 0.1) is 46.9 Å². The van der Waals surface area contributed by atoms with E-state index in [1.807, 2.05) is 71.0 Å². The lowest BCUT2D eigenvalue weighted by atomic mass is 9.77. The van der Waals surface area contributed by atoms with Crippen molar-refractivity contribution in [3.63, 3.8) is 0 Å². The summed E-state index contributed by atoms with van der Waals surface area (Å²) in [5, 5.41) is 4.18. The molecule has 4 rings (SSSR count). The number of thioether (sulfide) groups is 1. The van der Waals surface area contributed by atoms with E-state index in [1.54, 1.807) is 6.92 Å². The Bertz CT molecular complexity index is 1670. The summed E-state index contributed by atoms with van der Waals surface area (Å²) in [7, 11) is 0. The Balaban J connectivity index is 1.63. The van der Waals surface area contributed by atoms with Gasteiger partial charge in [0, 0.05) is 22.7 Å². The minimum absolute atomic E-state index is 0.119. The molecule has 2 aromatic carbocycles. The Morgan fingerprint density at radius 1 is 0.778 bits per heavy atom. The number of aromatic nitrogens is 2. The summed E-state index contributed by atoms with van der Waals surface area (Å²) in [6.07, 6.45) is 17.0. The normalized spacial score (nSPS) is 14.6. The molecule has 8 nitrogen and oxygen atoms in total. The number of aryl methyl sites for hydroxylation is 1. The molecule has 9 heteroatoms. The first-order valence-electron chi connectivity index (χ1n) is 20.6. The van der Waals surface area contributed by atoms with E-state index in [0.29, 0.717) is 34.0 Å². The Labute approximate surface area is 328 Å². The number of fused-ring (bicyclic) bond motifs is 1. The minimum atomic E-state index is -0.755. The van der Waals surface area contributed by atoms with Gasteiger partial charge in [-0.15, -0.1) is 0 Å². The van der Waals surface area contributed by atoms with Gasteiger partial charge in [-0.1, -0.05) is 120 Å². The summed E-state index contributed by atoms with van der Waals surface area (Å²) in [6, 6.07) is 14.0. The van der Waals surface area contributed by atoms with Crippen LogP contribution in [0.2, 0.25) is 0 Å². The molecule has 0 radical (unpaired) electrons. The number of aromatic amines is 1. The van der Waals surface area contributed by atoms with Gasteiger partial charge >= 0.3 is 11.9 Å². The summed E-state index contributed by atoms with van der Waals surface area (Å²) in [5.74, 6) is -0.623. The predicted octanol–water partition coefficient (Wildman–Crippen LogP) is 11.5. The van der Waals surface area contributed by atoms with E-state index in [1.165, 1.54) is 82.4 Å². The Kier molecular flexibility index (Phi) is 18.0. The second-order valence-electron chi connectivity index (χ2n) is 15.0. The second kappa shape index (κ2) is 22.6. The van der Waals surface area contributed by atoms with Crippen LogP contribution in [0.1, 0.15) is 149 Å². The number of hydrogen-bond acceptors (Lipinski definition) is 8. The number of rotatable bonds is 24. The number of para-hydroxylation sites is 2. The Morgan fingerprint density at radius 3 is 2.04 bits per heavy atom. The van der Waals surface area contributed by atoms with Crippen LogP contribution < -0.4 is 10.1 Å². The first-order valence-corrected chi connectivity index (χ1v) is 21.6. The molecule has 1 aliphatic heterocycles. The number of H-pyrrole nitrogens is 1. The quantitative estimate of drug-likeness (QED) is 0.0529. The molecule has 1 atom stereocenters. The third kappa shape index (κ3) is 12.7. The van der Waals surface area contributed by atoms with E-state index < -0.39 is 17.9 Å². The molecular formula is C45H65N3O5S. The number of unbranched alkanes of at least 4 members (excludes halogenated alkanes) is 12. The first-order chi connectivity index (χ1) is 26.1. The van der Waals surface area contributed by atoms with Crippen molar-refractivity contribution in [1.29, 1.82) is 0 Å². The molecule has 2 N–H and O–H groups in total. The van der Waals surface area contributed by atoms with Gasteiger partial charge in [0.25, 0.3) is 0 Å². The lowest BCUT2D eigenvalue weighted by Gasteiger charge is -2.34. The van der Waals surface area contributed by atoms with Crippen LogP contribution in [-0.2, 0) is 25.5 Å². The number of carbonyl (C=O) groups is 2. The van der Waals surface area contributed by atoms with E-state index in [2.05, 4.69) is 23.3 Å². The average molecular weight is 760 g/mol. The van der Waals surface area contributed by atoms with Gasteiger partial charge in [-0.05, 0) is 78.1 Å². The number of benzene rings is 2. The lowest BCUT2D eigenvalue weighted by Crippen LogP contribution is -2.35. The fourth-order valence-corrected chi connectivity index (χ4v) is 8.11. The van der Waals surface area contributed by atoms with Crippen LogP contribution in [0.15, 0.2) is 70.2 Å². The third-order valence-electron chi connectivity index (χ3n) is 9.78. The van der Waals surface area contributed by atoms with Gasteiger partial charge in [0.2, 0.25) is 0 Å². The number of esters is 2. The minimum Gasteiger partial charge on any atom is -0.491 e. The molecule has 1 unspecified atom stereocenters. The lowest BCUT2D eigenvalue weighted by molar-refractivity contribution is -0.143. The van der Waals surface area contributed by atoms with Crippen molar-refractivity contribution in [2.75, 3.05) is 12.4 Å². The number of hydrogen-bond donors (Lipinski definition) is 2. The molecule has 0 saturated carbocycles. The van der Waals surface area contributed by atoms with Crippen molar-refractivity contribution in [2.24, 2.45) is 0 Å². The zero-order chi connectivity index (χ0) is 38.9. The van der Waals surface area contributed by atoms with Crippen LogP contribution in [0.4, 0.5) is 0 Å². The largest absolute Gasteiger partial charge is 0.491 e. The smallest absolute Gasteiger partial charge is 0.337 e. The molecule has 0 aliphatic carbocycles. The number of ether oxygens (including phenoxy) is 3. The number of carbonyl (C=O) groups excluding carboxylic acids is 2. The van der Waals surface area contributed by atoms with Gasteiger partial charge in [-0.3, -0.25) is 0 Å². The fraction of sp³-hybridized carbons (Fsp3) is 0.578. The monoisotopic (exact) mass is 759 g/mol. The van der Waals surface area contributed by atoms with Crippen molar-refractivity contribution in [2.45, 2.75) is 162 Å². The number of imidazole rings is 1. The average Bonchev–Trinajstić information content (AvgIpc) is 3.55. The van der Waals surface area contributed by atoms with Gasteiger partial charge in [-0.2, -0.15) is 0 Å². The maximum absolute atomic E-state index is 14.3. The highest BCUT2D eigenvalue weighted by Crippen LogP contribution is 2.46. The molecule has 0 amide bonds. The molecule has 0 fully saturated rings. The van der Waals surface area contributed by atoms with E-state index in [0.717, 1.165) is 46.6 Å². The number of nitrogens with one attached hydrogen (secondary N) is 2. The zero-order valence-corrected chi connectivity index (χ0v) is 34.8. The highest BCUT2D eigenvalue weighted by atomic mass is 32.2. The van der Waals surface area contributed by atoms with Crippen LogP contribution in [0.25, 0.3) is 11.0 Å². The van der Waals surface area contributed by atoms with E-state index in [9.17, 15) is 9.59 Å². The van der Waals surface area contributed by atoms with Crippen molar-refractivity contribution in [3.05, 3.63) is 76.1 Å². The molecule has 296 valence electrons. The Hall–Kier alpha value is -3.72. The molecule has 0 spiro atoms. The molecule has 3 aromatic rings. The van der Waals surface area contributed by atoms with Crippen molar-refractivity contribution >= 4 is 34.7 Å². The fourth-order valence-electron chi connectivity index (χ4n) is 7.26. The predicted molar refractivity (Wildman–Crippen MR) is 222 cm³/mol. The summed E-state index contributed by atoms with van der Waals surface area (Å²) < 4.78 is 18.1. The van der Waals surface area contributed by atoms with Crippen molar-refractivity contribution < 1.29 is 23.8 Å². The summed E-state index contributed by atoms with van der Waals surface area (Å²) >= 11 is 1.50. The highest BCUT2D eigenvalue weighted by Gasteiger charge is 2.41. The van der Waals surface area contributed by atoms with Crippen molar-refractivity contribution in [3.8, 4) is 5.75 Å². The molecular weight excluding hydrogens is 695 g/mol. The summed E-state index contributed by atoms with van der Waals surface area (Å²) in [5.41, 5.74) is 5.83. The standard InChI is InChI=1S/C45H65N3O5S/c1-8-10-11-12-13-14-15-16-17-18-19-20-21-25-34-26-24-29-38(52-31(3)4)40(34)42-39(43(49)51-9-2)33(7)46-37(41(42)44(50)53-32(5)6)30-54-45-47-35-27-22-23-28-36(35)48-45/h22-24,26-29,31-32,42,46H,8-21,25,30H2,1-7H3,(H,47,48). The first kappa shape index (κ1) is 43.0. The van der Waals surface area contributed by atoms with Crippen molar-refractivity contribution in [1.82, 2.24) is 15.3 Å². The molecule has 1 aliphatic rings. The van der Waals surface area contributed by atoms with E-state index in [4.69, 9.17) is 19.2 Å². The number of dihydropyridines is 1. The molecule has 54 heavy (non-hydrogen) atoms. The van der Waals surface area contributed by atoms with Crippen LogP contribution in [-0.4, -0.2) is 46.5 Å². The molecule has 0 bridgehead atoms. The van der Waals surface area contributed by atoms with Crippen LogP contribution in [0.5, 0.6) is 5.75 Å². The SMILES string of the molecule is CCCCCCCCCCCCCCCc1cccc(OC(C)C)c1C1C(C(=O)OCC)=C(C)NC(CSc2nc3ccccc3[nH]2)=C1C(=O)OC(C)C. The van der Waals surface area contributed by atoms with E-state index >= 15 is 0 Å². The second-order valence-corrected chi connectivity index (χ2v) is 16.0. The summed E-state index contributed by atoms with van der Waals surface area (Å²) in [4.78, 5) is 36.4. The number of nitrogens with zero attached hydrogens (tertiary/aromatic N) is 1. The molecule has 2 heterocycles. The van der Waals surface area contributed by atoms with Crippen LogP contribution >= 0.6 is 11.8 Å². The maximum Gasteiger partial charge on any atom is 0.337 e. The van der Waals surface area contributed by atoms with Gasteiger partial charge < -0.3 is 24.5 Å². The van der Waals surface area contributed by atoms with Crippen LogP contribution in [0, 0.1) is 0 Å². The zero-order valence-electron chi connectivity index (χ0n) is 34.0. The maximum atomic E-state index is 14.3. The van der Waals surface area contributed by atoms with Crippen LogP contribution in [0.3, 0.4) is 0 Å². The number of allylic oxidation sites excluding steroid dienone is 1. The van der Waals surface area contributed by atoms with Gasteiger partial charge in [0.15, 0.2) is 5.16 Å². The Morgan fingerprint density at radius 2 is 1.43 bits per heavy atom. The van der Waals surface area contributed by atoms with E-state index in [-0.39, 0.29) is 18.8 Å². The highest BCUT2D eigenvalue weighted by molar-refractivity contribution is 7.99.